The van der Waals surface area contributed by atoms with Crippen LogP contribution in [0, 0.1) is 0 Å². The van der Waals surface area contributed by atoms with Crippen LogP contribution in [0.1, 0.15) is 16.9 Å². The molecule has 1 aromatic heterocycles. The van der Waals surface area contributed by atoms with Crippen molar-refractivity contribution >= 4 is 29.3 Å². The van der Waals surface area contributed by atoms with Gasteiger partial charge in [0.2, 0.25) is 0 Å². The molecule has 1 fully saturated rings. The molecule has 0 unspecified atom stereocenters. The minimum absolute atomic E-state index is 0.175. The summed E-state index contributed by atoms with van der Waals surface area (Å²) in [5, 5.41) is 3.34. The molecule has 0 saturated carbocycles. The van der Waals surface area contributed by atoms with E-state index in [0.29, 0.717) is 29.7 Å². The van der Waals surface area contributed by atoms with Crippen molar-refractivity contribution in [2.24, 2.45) is 0 Å². The van der Waals surface area contributed by atoms with Crippen LogP contribution in [0.4, 0.5) is 0 Å². The first-order chi connectivity index (χ1) is 13.7. The average molecular weight is 390 g/mol. The second-order valence-corrected chi connectivity index (χ2v) is 6.69. The third kappa shape index (κ3) is 4.13. The number of nitrogens with one attached hydrogen (secondary N) is 1. The van der Waals surface area contributed by atoms with Gasteiger partial charge in [0.05, 0.1) is 12.8 Å². The molecule has 1 aliphatic heterocycles. The van der Waals surface area contributed by atoms with Crippen LogP contribution in [0.15, 0.2) is 83.1 Å². The maximum atomic E-state index is 12.6. The number of carbonyl (C=O) groups excluding carboxylic acids is 1. The molecule has 28 heavy (non-hydrogen) atoms. The van der Waals surface area contributed by atoms with Crippen LogP contribution >= 0.6 is 12.2 Å². The van der Waals surface area contributed by atoms with Gasteiger partial charge in [-0.05, 0) is 53.7 Å². The van der Waals surface area contributed by atoms with Gasteiger partial charge in [0.15, 0.2) is 5.11 Å². The number of carbonyl (C=O) groups is 1. The smallest absolute Gasteiger partial charge is 0.276 e. The highest BCUT2D eigenvalue weighted by atomic mass is 32.1. The van der Waals surface area contributed by atoms with Crippen molar-refractivity contribution in [2.45, 2.75) is 13.2 Å². The SMILES string of the molecule is O=C1/C(=C\c2ccc(OCc3ccccc3)cc2)NC(=S)N1Cc1ccco1. The van der Waals surface area contributed by atoms with E-state index in [0.717, 1.165) is 16.9 Å². The minimum Gasteiger partial charge on any atom is -0.489 e. The monoisotopic (exact) mass is 390 g/mol. The van der Waals surface area contributed by atoms with Gasteiger partial charge in [-0.3, -0.25) is 9.69 Å². The fourth-order valence-corrected chi connectivity index (χ4v) is 3.10. The zero-order chi connectivity index (χ0) is 19.3. The number of nitrogens with zero attached hydrogens (tertiary/aromatic N) is 1. The zero-order valence-corrected chi connectivity index (χ0v) is 15.8. The van der Waals surface area contributed by atoms with Crippen LogP contribution in [0.3, 0.4) is 0 Å². The minimum atomic E-state index is -0.175. The number of thiocarbonyl (C=S) groups is 1. The highest BCUT2D eigenvalue weighted by Crippen LogP contribution is 2.19. The molecule has 0 radical (unpaired) electrons. The number of rotatable bonds is 6. The van der Waals surface area contributed by atoms with E-state index < -0.39 is 0 Å². The van der Waals surface area contributed by atoms with E-state index in [1.54, 1.807) is 18.4 Å². The number of ether oxygens (including phenoxy) is 1. The first-order valence-electron chi connectivity index (χ1n) is 8.83. The predicted molar refractivity (Wildman–Crippen MR) is 110 cm³/mol. The molecule has 0 spiro atoms. The quantitative estimate of drug-likeness (QED) is 0.507. The highest BCUT2D eigenvalue weighted by molar-refractivity contribution is 7.80. The summed E-state index contributed by atoms with van der Waals surface area (Å²) in [6, 6.07) is 21.2. The summed E-state index contributed by atoms with van der Waals surface area (Å²) in [7, 11) is 0. The van der Waals surface area contributed by atoms with E-state index in [-0.39, 0.29) is 5.91 Å². The maximum absolute atomic E-state index is 12.6. The van der Waals surface area contributed by atoms with Crippen LogP contribution in [0.5, 0.6) is 5.75 Å². The fraction of sp³-hybridized carbons (Fsp3) is 0.0909. The van der Waals surface area contributed by atoms with E-state index >= 15 is 0 Å². The molecule has 140 valence electrons. The summed E-state index contributed by atoms with van der Waals surface area (Å²) >= 11 is 5.28. The molecule has 0 aliphatic carbocycles. The van der Waals surface area contributed by atoms with Crippen LogP contribution in [-0.4, -0.2) is 15.9 Å². The normalized spacial score (nSPS) is 15.1. The maximum Gasteiger partial charge on any atom is 0.276 e. The van der Waals surface area contributed by atoms with Gasteiger partial charge in [0, 0.05) is 0 Å². The lowest BCUT2D eigenvalue weighted by atomic mass is 10.2. The van der Waals surface area contributed by atoms with Gasteiger partial charge in [0.1, 0.15) is 23.8 Å². The van der Waals surface area contributed by atoms with E-state index in [1.165, 1.54) is 4.90 Å². The Morgan fingerprint density at radius 2 is 1.82 bits per heavy atom. The molecular weight excluding hydrogens is 372 g/mol. The zero-order valence-electron chi connectivity index (χ0n) is 15.0. The average Bonchev–Trinajstić information content (AvgIpc) is 3.33. The van der Waals surface area contributed by atoms with Gasteiger partial charge >= 0.3 is 0 Å². The molecule has 4 rings (SSSR count). The summed E-state index contributed by atoms with van der Waals surface area (Å²) in [5.41, 5.74) is 2.43. The van der Waals surface area contributed by atoms with Gasteiger partial charge in [-0.1, -0.05) is 42.5 Å². The Morgan fingerprint density at radius 1 is 1.04 bits per heavy atom. The summed E-state index contributed by atoms with van der Waals surface area (Å²) in [6.45, 7) is 0.818. The number of hydrogen-bond donors (Lipinski definition) is 1. The Kier molecular flexibility index (Phi) is 5.21. The molecule has 1 amide bonds. The molecule has 1 saturated heterocycles. The molecule has 6 heteroatoms. The van der Waals surface area contributed by atoms with Crippen LogP contribution < -0.4 is 10.1 Å². The first kappa shape index (κ1) is 18.0. The summed E-state index contributed by atoms with van der Waals surface area (Å²) in [4.78, 5) is 14.1. The van der Waals surface area contributed by atoms with Crippen LogP contribution in [-0.2, 0) is 17.9 Å². The van der Waals surface area contributed by atoms with Crippen molar-refractivity contribution in [3.8, 4) is 5.75 Å². The number of hydrogen-bond acceptors (Lipinski definition) is 4. The molecule has 2 heterocycles. The number of benzene rings is 2. The molecule has 2 aromatic carbocycles. The molecule has 1 aliphatic rings. The molecule has 1 N–H and O–H groups in total. The van der Waals surface area contributed by atoms with Crippen LogP contribution in [0.2, 0.25) is 0 Å². The second-order valence-electron chi connectivity index (χ2n) is 6.30. The topological polar surface area (TPSA) is 54.7 Å². The predicted octanol–water partition coefficient (Wildman–Crippen LogP) is 4.12. The molecule has 3 aromatic rings. The Morgan fingerprint density at radius 3 is 2.54 bits per heavy atom. The third-order valence-corrected chi connectivity index (χ3v) is 4.62. The van der Waals surface area contributed by atoms with Gasteiger partial charge in [-0.25, -0.2) is 0 Å². The summed E-state index contributed by atoms with van der Waals surface area (Å²) in [6.07, 6.45) is 3.35. The van der Waals surface area contributed by atoms with Crippen molar-refractivity contribution in [3.05, 3.63) is 95.6 Å². The van der Waals surface area contributed by atoms with Crippen molar-refractivity contribution in [1.82, 2.24) is 10.2 Å². The van der Waals surface area contributed by atoms with E-state index in [9.17, 15) is 4.79 Å². The van der Waals surface area contributed by atoms with E-state index in [2.05, 4.69) is 5.32 Å². The lowest BCUT2D eigenvalue weighted by Crippen LogP contribution is -2.29. The lowest BCUT2D eigenvalue weighted by molar-refractivity contribution is -0.122. The van der Waals surface area contributed by atoms with Crippen molar-refractivity contribution < 1.29 is 13.9 Å². The Bertz CT molecular complexity index is 996. The Balaban J connectivity index is 1.41. The fourth-order valence-electron chi connectivity index (χ4n) is 2.84. The largest absolute Gasteiger partial charge is 0.489 e. The van der Waals surface area contributed by atoms with Crippen molar-refractivity contribution in [3.63, 3.8) is 0 Å². The third-order valence-electron chi connectivity index (χ3n) is 4.30. The lowest BCUT2D eigenvalue weighted by Gasteiger charge is -2.11. The number of amides is 1. The van der Waals surface area contributed by atoms with Crippen molar-refractivity contribution in [2.75, 3.05) is 0 Å². The summed E-state index contributed by atoms with van der Waals surface area (Å²) < 4.78 is 11.1. The molecule has 0 atom stereocenters. The molecule has 0 bridgehead atoms. The van der Waals surface area contributed by atoms with Gasteiger partial charge in [-0.15, -0.1) is 0 Å². The van der Waals surface area contributed by atoms with Gasteiger partial charge in [-0.2, -0.15) is 0 Å². The summed E-state index contributed by atoms with van der Waals surface area (Å²) in [5.74, 6) is 1.27. The Labute approximate surface area is 168 Å². The van der Waals surface area contributed by atoms with Crippen molar-refractivity contribution in [1.29, 1.82) is 0 Å². The second kappa shape index (κ2) is 8.10. The standard InChI is InChI=1S/C22H18N2O3S/c25-21-20(23-22(28)24(21)14-19-7-4-12-26-19)13-16-8-10-18(11-9-16)27-15-17-5-2-1-3-6-17/h1-13H,14-15H2,(H,23,28)/b20-13+. The first-order valence-corrected chi connectivity index (χ1v) is 9.23. The molecular formula is C22H18N2O3S. The van der Waals surface area contributed by atoms with E-state index in [1.807, 2.05) is 60.7 Å². The van der Waals surface area contributed by atoms with Crippen LogP contribution in [0.25, 0.3) is 6.08 Å². The number of furan rings is 1. The van der Waals surface area contributed by atoms with E-state index in [4.69, 9.17) is 21.4 Å². The molecule has 5 nitrogen and oxygen atoms in total. The highest BCUT2D eigenvalue weighted by Gasteiger charge is 2.31. The van der Waals surface area contributed by atoms with Gasteiger partial charge in [0.25, 0.3) is 5.91 Å². The van der Waals surface area contributed by atoms with Gasteiger partial charge < -0.3 is 14.5 Å². The Hall–Kier alpha value is -3.38.